The third kappa shape index (κ3) is 4.52. The average molecular weight is 261 g/mol. The molecule has 0 heterocycles. The second-order valence-electron chi connectivity index (χ2n) is 5.39. The highest BCUT2D eigenvalue weighted by atomic mass is 16.4. The van der Waals surface area contributed by atoms with Crippen LogP contribution in [0.3, 0.4) is 0 Å². The van der Waals surface area contributed by atoms with Gasteiger partial charge >= 0.3 is 5.97 Å². The first-order valence-electron chi connectivity index (χ1n) is 6.57. The molecule has 19 heavy (non-hydrogen) atoms. The molecule has 0 aliphatic carbocycles. The normalized spacial score (nSPS) is 12.3. The maximum absolute atomic E-state index is 10.6. The van der Waals surface area contributed by atoms with E-state index in [1.165, 1.54) is 6.08 Å². The third-order valence-corrected chi connectivity index (χ3v) is 3.77. The van der Waals surface area contributed by atoms with Crippen LogP contribution >= 0.6 is 0 Å². The zero-order chi connectivity index (χ0) is 14.5. The van der Waals surface area contributed by atoms with Crippen LogP contribution in [0.5, 0.6) is 0 Å². The predicted molar refractivity (Wildman–Crippen MR) is 78.9 cm³/mol. The van der Waals surface area contributed by atoms with Gasteiger partial charge in [-0.15, -0.1) is 0 Å². The molecule has 0 saturated carbocycles. The number of nitrogens with zero attached hydrogens (tertiary/aromatic N) is 1. The minimum Gasteiger partial charge on any atom is -0.478 e. The molecule has 0 aliphatic rings. The Morgan fingerprint density at radius 1 is 1.37 bits per heavy atom. The lowest BCUT2D eigenvalue weighted by Gasteiger charge is -2.35. The van der Waals surface area contributed by atoms with Crippen LogP contribution in [0, 0.1) is 0 Å². The van der Waals surface area contributed by atoms with Gasteiger partial charge < -0.3 is 5.11 Å². The third-order valence-electron chi connectivity index (χ3n) is 3.77. The van der Waals surface area contributed by atoms with Gasteiger partial charge in [-0.2, -0.15) is 0 Å². The monoisotopic (exact) mass is 261 g/mol. The maximum Gasteiger partial charge on any atom is 0.328 e. The van der Waals surface area contributed by atoms with Gasteiger partial charge in [0, 0.05) is 18.2 Å². The number of rotatable bonds is 6. The molecular weight excluding hydrogens is 238 g/mol. The number of benzene rings is 1. The first kappa shape index (κ1) is 15.4. The SMILES string of the molecule is CCC(C)(C)N(C)Cc1ccccc1C=CC(=O)O. The fraction of sp³-hybridized carbons (Fsp3) is 0.438. The maximum atomic E-state index is 10.6. The Bertz CT molecular complexity index is 464. The van der Waals surface area contributed by atoms with Crippen molar-refractivity contribution in [3.05, 3.63) is 41.5 Å². The molecule has 0 aromatic heterocycles. The molecule has 1 rings (SSSR count). The Morgan fingerprint density at radius 3 is 2.58 bits per heavy atom. The molecule has 0 radical (unpaired) electrons. The van der Waals surface area contributed by atoms with Crippen molar-refractivity contribution in [3.8, 4) is 0 Å². The minimum atomic E-state index is -0.919. The van der Waals surface area contributed by atoms with Gasteiger partial charge in [-0.3, -0.25) is 4.90 Å². The van der Waals surface area contributed by atoms with Gasteiger partial charge in [-0.1, -0.05) is 31.2 Å². The van der Waals surface area contributed by atoms with Gasteiger partial charge in [-0.25, -0.2) is 4.79 Å². The van der Waals surface area contributed by atoms with E-state index < -0.39 is 5.97 Å². The van der Waals surface area contributed by atoms with Crippen LogP contribution in [0.1, 0.15) is 38.3 Å². The lowest BCUT2D eigenvalue weighted by Crippen LogP contribution is -2.39. The number of carboxylic acid groups (broad SMARTS) is 1. The summed E-state index contributed by atoms with van der Waals surface area (Å²) < 4.78 is 0. The van der Waals surface area contributed by atoms with Gasteiger partial charge in [0.1, 0.15) is 0 Å². The molecule has 1 aromatic rings. The molecule has 0 saturated heterocycles. The van der Waals surface area contributed by atoms with Crippen molar-refractivity contribution in [3.63, 3.8) is 0 Å². The van der Waals surface area contributed by atoms with Gasteiger partial charge in [0.2, 0.25) is 0 Å². The molecule has 1 N–H and O–H groups in total. The minimum absolute atomic E-state index is 0.129. The van der Waals surface area contributed by atoms with Crippen LogP contribution in [0.4, 0.5) is 0 Å². The first-order chi connectivity index (χ1) is 8.86. The van der Waals surface area contributed by atoms with Crippen molar-refractivity contribution in [1.82, 2.24) is 4.90 Å². The Kier molecular flexibility index (Phi) is 5.31. The van der Waals surface area contributed by atoms with E-state index >= 15 is 0 Å². The first-order valence-corrected chi connectivity index (χ1v) is 6.57. The van der Waals surface area contributed by atoms with E-state index in [2.05, 4.69) is 32.7 Å². The van der Waals surface area contributed by atoms with E-state index in [0.29, 0.717) is 0 Å². The van der Waals surface area contributed by atoms with E-state index in [1.807, 2.05) is 24.3 Å². The molecule has 3 heteroatoms. The molecule has 0 amide bonds. The Labute approximate surface area is 115 Å². The summed E-state index contributed by atoms with van der Waals surface area (Å²) in [6.45, 7) is 7.40. The number of hydrogen-bond acceptors (Lipinski definition) is 2. The average Bonchev–Trinajstić information content (AvgIpc) is 2.37. The summed E-state index contributed by atoms with van der Waals surface area (Å²) in [5.74, 6) is -0.919. The van der Waals surface area contributed by atoms with Crippen LogP contribution in [0.2, 0.25) is 0 Å². The van der Waals surface area contributed by atoms with Gasteiger partial charge in [0.25, 0.3) is 0 Å². The number of carboxylic acids is 1. The molecule has 0 bridgehead atoms. The second kappa shape index (κ2) is 6.53. The molecular formula is C16H23NO2. The van der Waals surface area contributed by atoms with Gasteiger partial charge in [0.05, 0.1) is 0 Å². The Morgan fingerprint density at radius 2 is 2.00 bits per heavy atom. The quantitative estimate of drug-likeness (QED) is 0.798. The summed E-state index contributed by atoms with van der Waals surface area (Å²) in [7, 11) is 2.10. The topological polar surface area (TPSA) is 40.5 Å². The molecule has 0 spiro atoms. The fourth-order valence-electron chi connectivity index (χ4n) is 1.74. The number of carbonyl (C=O) groups is 1. The predicted octanol–water partition coefficient (Wildman–Crippen LogP) is 3.40. The van der Waals surface area contributed by atoms with Gasteiger partial charge in [0.15, 0.2) is 0 Å². The van der Waals surface area contributed by atoms with Crippen molar-refractivity contribution in [1.29, 1.82) is 0 Å². The second-order valence-corrected chi connectivity index (χ2v) is 5.39. The molecule has 3 nitrogen and oxygen atoms in total. The highest BCUT2D eigenvalue weighted by molar-refractivity contribution is 5.85. The van der Waals surface area contributed by atoms with E-state index in [9.17, 15) is 4.79 Å². The zero-order valence-electron chi connectivity index (χ0n) is 12.2. The van der Waals surface area contributed by atoms with Crippen LogP contribution in [-0.2, 0) is 11.3 Å². The number of hydrogen-bond donors (Lipinski definition) is 1. The summed E-state index contributed by atoms with van der Waals surface area (Å²) in [5, 5.41) is 8.72. The van der Waals surface area contributed by atoms with E-state index in [0.717, 1.165) is 24.1 Å². The van der Waals surface area contributed by atoms with E-state index in [4.69, 9.17) is 5.11 Å². The van der Waals surface area contributed by atoms with Crippen molar-refractivity contribution < 1.29 is 9.90 Å². The highest BCUT2D eigenvalue weighted by Gasteiger charge is 2.21. The lowest BCUT2D eigenvalue weighted by molar-refractivity contribution is -0.131. The lowest BCUT2D eigenvalue weighted by atomic mass is 9.98. The van der Waals surface area contributed by atoms with Crippen LogP contribution < -0.4 is 0 Å². The van der Waals surface area contributed by atoms with Crippen LogP contribution in [0.15, 0.2) is 30.3 Å². The Balaban J connectivity index is 2.92. The van der Waals surface area contributed by atoms with Crippen molar-refractivity contribution in [2.75, 3.05) is 7.05 Å². The smallest absolute Gasteiger partial charge is 0.328 e. The molecule has 0 fully saturated rings. The summed E-state index contributed by atoms with van der Waals surface area (Å²) in [6.07, 6.45) is 3.91. The van der Waals surface area contributed by atoms with E-state index in [1.54, 1.807) is 6.08 Å². The summed E-state index contributed by atoms with van der Waals surface area (Å²) in [5.41, 5.74) is 2.23. The van der Waals surface area contributed by atoms with Gasteiger partial charge in [-0.05, 0) is 44.5 Å². The summed E-state index contributed by atoms with van der Waals surface area (Å²) >= 11 is 0. The summed E-state index contributed by atoms with van der Waals surface area (Å²) in [4.78, 5) is 12.9. The van der Waals surface area contributed by atoms with Crippen molar-refractivity contribution in [2.45, 2.75) is 39.3 Å². The molecule has 0 unspecified atom stereocenters. The number of aliphatic carboxylic acids is 1. The van der Waals surface area contributed by atoms with E-state index in [-0.39, 0.29) is 5.54 Å². The summed E-state index contributed by atoms with van der Waals surface area (Å²) in [6, 6.07) is 7.90. The van der Waals surface area contributed by atoms with Crippen molar-refractivity contribution >= 4 is 12.0 Å². The molecule has 1 aromatic carbocycles. The molecule has 0 aliphatic heterocycles. The molecule has 104 valence electrons. The largest absolute Gasteiger partial charge is 0.478 e. The highest BCUT2D eigenvalue weighted by Crippen LogP contribution is 2.21. The van der Waals surface area contributed by atoms with Crippen molar-refractivity contribution in [2.24, 2.45) is 0 Å². The standard InChI is InChI=1S/C16H23NO2/c1-5-16(2,3)17(4)12-14-9-7-6-8-13(14)10-11-15(18)19/h6-11H,5,12H2,1-4H3,(H,18,19). The Hall–Kier alpha value is -1.61. The molecule has 0 atom stereocenters. The fourth-order valence-corrected chi connectivity index (χ4v) is 1.74. The van der Waals surface area contributed by atoms with Crippen LogP contribution in [-0.4, -0.2) is 28.6 Å². The zero-order valence-corrected chi connectivity index (χ0v) is 12.2. The van der Waals surface area contributed by atoms with Crippen LogP contribution in [0.25, 0.3) is 6.08 Å².